The predicted octanol–water partition coefficient (Wildman–Crippen LogP) is 4.20. The van der Waals surface area contributed by atoms with Crippen molar-refractivity contribution in [3.05, 3.63) is 77.1 Å². The highest BCUT2D eigenvalue weighted by Gasteiger charge is 2.41. The lowest BCUT2D eigenvalue weighted by atomic mass is 10.2. The van der Waals surface area contributed by atoms with Crippen LogP contribution in [0.5, 0.6) is 0 Å². The summed E-state index contributed by atoms with van der Waals surface area (Å²) in [6.45, 7) is 3.72. The molecule has 6 nitrogen and oxygen atoms in total. The van der Waals surface area contributed by atoms with Crippen LogP contribution in [0.3, 0.4) is 0 Å². The van der Waals surface area contributed by atoms with E-state index in [9.17, 15) is 18.0 Å². The van der Waals surface area contributed by atoms with Crippen LogP contribution in [0, 0.1) is 13.8 Å². The third-order valence-electron chi connectivity index (χ3n) is 3.93. The van der Waals surface area contributed by atoms with Crippen molar-refractivity contribution in [2.45, 2.75) is 20.0 Å². The van der Waals surface area contributed by atoms with Gasteiger partial charge in [0.25, 0.3) is 0 Å². The molecule has 0 saturated carbocycles. The molecular formula is C19H17F3N4O2. The zero-order valence-electron chi connectivity index (χ0n) is 15.0. The van der Waals surface area contributed by atoms with Gasteiger partial charge in [-0.15, -0.1) is 0 Å². The van der Waals surface area contributed by atoms with Crippen LogP contribution in [-0.2, 0) is 11.0 Å². The van der Waals surface area contributed by atoms with E-state index in [0.29, 0.717) is 10.4 Å². The van der Waals surface area contributed by atoms with Crippen molar-refractivity contribution in [2.75, 3.05) is 5.43 Å². The van der Waals surface area contributed by atoms with Crippen LogP contribution in [0.15, 0.2) is 54.7 Å². The molecule has 0 aliphatic carbocycles. The number of carbonyl (C=O) groups excluding carboxylic acids is 1. The summed E-state index contributed by atoms with van der Waals surface area (Å²) in [4.78, 5) is 16.9. The predicted molar refractivity (Wildman–Crippen MR) is 96.7 cm³/mol. The SMILES string of the molecule is Cc1ccc(NNOC(=O)c2cnn(-c3ccc(C)cc3)c2C(F)(F)F)cc1. The Balaban J connectivity index is 1.79. The van der Waals surface area contributed by atoms with E-state index in [-0.39, 0.29) is 5.69 Å². The van der Waals surface area contributed by atoms with Crippen LogP contribution in [0.2, 0.25) is 0 Å². The summed E-state index contributed by atoms with van der Waals surface area (Å²) in [6.07, 6.45) is -3.97. The lowest BCUT2D eigenvalue weighted by Crippen LogP contribution is -2.27. The third kappa shape index (κ3) is 4.32. The highest BCUT2D eigenvalue weighted by atomic mass is 19.4. The van der Waals surface area contributed by atoms with Crippen molar-refractivity contribution >= 4 is 11.7 Å². The number of nitrogens with zero attached hydrogens (tertiary/aromatic N) is 2. The molecule has 0 atom stereocenters. The van der Waals surface area contributed by atoms with Crippen molar-refractivity contribution in [1.82, 2.24) is 15.4 Å². The minimum absolute atomic E-state index is 0.183. The summed E-state index contributed by atoms with van der Waals surface area (Å²) in [5.74, 6) is -1.22. The van der Waals surface area contributed by atoms with Gasteiger partial charge in [0, 0.05) is 0 Å². The third-order valence-corrected chi connectivity index (χ3v) is 3.93. The Hall–Kier alpha value is -3.33. The maximum absolute atomic E-state index is 13.6. The molecule has 1 heterocycles. The molecule has 28 heavy (non-hydrogen) atoms. The maximum Gasteiger partial charge on any atom is 0.434 e. The average molecular weight is 390 g/mol. The Kier molecular flexibility index (Phi) is 5.36. The second-order valence-corrected chi connectivity index (χ2v) is 6.13. The van der Waals surface area contributed by atoms with E-state index >= 15 is 0 Å². The van der Waals surface area contributed by atoms with Gasteiger partial charge in [-0.25, -0.2) is 9.48 Å². The van der Waals surface area contributed by atoms with Crippen LogP contribution in [-0.4, -0.2) is 15.7 Å². The summed E-state index contributed by atoms with van der Waals surface area (Å²) in [6, 6.07) is 13.4. The molecule has 2 N–H and O–H groups in total. The molecule has 1 aromatic heterocycles. The van der Waals surface area contributed by atoms with Gasteiger partial charge < -0.3 is 4.84 Å². The number of hydrogen-bond donors (Lipinski definition) is 2. The largest absolute Gasteiger partial charge is 0.434 e. The van der Waals surface area contributed by atoms with Gasteiger partial charge in [0.05, 0.1) is 17.6 Å². The number of aryl methyl sites for hydroxylation is 2. The van der Waals surface area contributed by atoms with Gasteiger partial charge in [-0.3, -0.25) is 5.43 Å². The molecular weight excluding hydrogens is 373 g/mol. The number of nitrogens with one attached hydrogen (secondary N) is 2. The molecule has 3 aromatic rings. The van der Waals surface area contributed by atoms with Gasteiger partial charge in [0.15, 0.2) is 5.69 Å². The number of hydrazine groups is 1. The Morgan fingerprint density at radius 3 is 2.14 bits per heavy atom. The van der Waals surface area contributed by atoms with Gasteiger partial charge in [-0.05, 0) is 38.1 Å². The first-order valence-corrected chi connectivity index (χ1v) is 8.27. The molecule has 0 unspecified atom stereocenters. The molecule has 0 amide bonds. The Morgan fingerprint density at radius 1 is 1.00 bits per heavy atom. The number of benzene rings is 2. The van der Waals surface area contributed by atoms with Gasteiger partial charge >= 0.3 is 12.1 Å². The summed E-state index contributed by atoms with van der Waals surface area (Å²) in [7, 11) is 0. The number of rotatable bonds is 5. The Morgan fingerprint density at radius 2 is 1.57 bits per heavy atom. The topological polar surface area (TPSA) is 68.2 Å². The normalized spacial score (nSPS) is 11.3. The second kappa shape index (κ2) is 7.73. The zero-order valence-corrected chi connectivity index (χ0v) is 15.0. The molecule has 0 saturated heterocycles. The zero-order chi connectivity index (χ0) is 20.3. The van der Waals surface area contributed by atoms with Crippen LogP contribution in [0.25, 0.3) is 5.69 Å². The molecule has 146 valence electrons. The van der Waals surface area contributed by atoms with E-state index < -0.39 is 23.4 Å². The number of carbonyl (C=O) groups is 1. The lowest BCUT2D eigenvalue weighted by Gasteiger charge is -2.13. The first-order valence-electron chi connectivity index (χ1n) is 8.27. The standard InChI is InChI=1S/C19H17F3N4O2/c1-12-3-7-14(8-4-12)24-25-28-18(27)16-11-23-26(17(16)19(20,21)22)15-9-5-13(2)6-10-15/h3-11,24-25H,1-2H3. The lowest BCUT2D eigenvalue weighted by molar-refractivity contribution is -0.143. The van der Waals surface area contributed by atoms with Crippen molar-refractivity contribution in [2.24, 2.45) is 0 Å². The molecule has 0 aliphatic rings. The van der Waals surface area contributed by atoms with Crippen LogP contribution in [0.1, 0.15) is 27.2 Å². The summed E-state index contributed by atoms with van der Waals surface area (Å²) < 4.78 is 41.4. The van der Waals surface area contributed by atoms with E-state index in [1.807, 2.05) is 26.0 Å². The van der Waals surface area contributed by atoms with Crippen molar-refractivity contribution in [3.8, 4) is 5.69 Å². The van der Waals surface area contributed by atoms with Crippen molar-refractivity contribution in [1.29, 1.82) is 0 Å². The first-order chi connectivity index (χ1) is 13.3. The van der Waals surface area contributed by atoms with Crippen LogP contribution >= 0.6 is 0 Å². The Bertz CT molecular complexity index is 964. The van der Waals surface area contributed by atoms with E-state index in [0.717, 1.165) is 17.3 Å². The highest BCUT2D eigenvalue weighted by molar-refractivity contribution is 5.90. The van der Waals surface area contributed by atoms with Gasteiger partial charge in [0.2, 0.25) is 0 Å². The van der Waals surface area contributed by atoms with Crippen molar-refractivity contribution < 1.29 is 22.8 Å². The average Bonchev–Trinajstić information content (AvgIpc) is 3.09. The van der Waals surface area contributed by atoms with Gasteiger partial charge in [0.1, 0.15) is 5.56 Å². The van der Waals surface area contributed by atoms with E-state index in [2.05, 4.69) is 16.1 Å². The van der Waals surface area contributed by atoms with Crippen LogP contribution in [0.4, 0.5) is 18.9 Å². The van der Waals surface area contributed by atoms with E-state index in [1.165, 1.54) is 12.1 Å². The number of halogens is 3. The quantitative estimate of drug-likeness (QED) is 0.640. The smallest absolute Gasteiger partial charge is 0.346 e. The van der Waals surface area contributed by atoms with Gasteiger partial charge in [-0.1, -0.05) is 41.0 Å². The summed E-state index contributed by atoms with van der Waals surface area (Å²) >= 11 is 0. The molecule has 0 bridgehead atoms. The number of alkyl halides is 3. The van der Waals surface area contributed by atoms with Crippen molar-refractivity contribution in [3.63, 3.8) is 0 Å². The number of anilines is 1. The number of aromatic nitrogens is 2. The van der Waals surface area contributed by atoms with Gasteiger partial charge in [-0.2, -0.15) is 18.3 Å². The summed E-state index contributed by atoms with van der Waals surface area (Å²) in [5, 5.41) is 3.73. The fourth-order valence-electron chi connectivity index (χ4n) is 2.47. The minimum atomic E-state index is -4.81. The van der Waals surface area contributed by atoms with E-state index in [1.54, 1.807) is 24.3 Å². The molecule has 2 aromatic carbocycles. The summed E-state index contributed by atoms with van der Waals surface area (Å²) in [5.41, 5.74) is 5.48. The van der Waals surface area contributed by atoms with Crippen LogP contribution < -0.4 is 11.0 Å². The Labute approximate surface area is 158 Å². The monoisotopic (exact) mass is 390 g/mol. The van der Waals surface area contributed by atoms with E-state index in [4.69, 9.17) is 4.84 Å². The molecule has 0 radical (unpaired) electrons. The molecule has 0 spiro atoms. The first kappa shape index (κ1) is 19.4. The number of hydrogen-bond acceptors (Lipinski definition) is 5. The highest BCUT2D eigenvalue weighted by Crippen LogP contribution is 2.34. The maximum atomic E-state index is 13.6. The fraction of sp³-hybridized carbons (Fsp3) is 0.158. The molecule has 0 fully saturated rings. The molecule has 3 rings (SSSR count). The fourth-order valence-corrected chi connectivity index (χ4v) is 2.47. The molecule has 9 heteroatoms. The minimum Gasteiger partial charge on any atom is -0.346 e. The molecule has 0 aliphatic heterocycles. The second-order valence-electron chi connectivity index (χ2n) is 6.13.